The van der Waals surface area contributed by atoms with E-state index in [-0.39, 0.29) is 5.91 Å². The quantitative estimate of drug-likeness (QED) is 0.710. The highest BCUT2D eigenvalue weighted by molar-refractivity contribution is 5.92. The van der Waals surface area contributed by atoms with Crippen LogP contribution in [-0.2, 0) is 0 Å². The molecular weight excluding hydrogens is 232 g/mol. The first-order valence-electron chi connectivity index (χ1n) is 6.21. The summed E-state index contributed by atoms with van der Waals surface area (Å²) < 4.78 is 0. The average molecular weight is 250 g/mol. The number of amides is 1. The predicted molar refractivity (Wildman–Crippen MR) is 67.3 cm³/mol. The fraction of sp³-hybridized carbons (Fsp3) is 0.583. The number of carbonyl (C=O) groups excluding carboxylic acids is 1. The zero-order valence-corrected chi connectivity index (χ0v) is 10.4. The molecule has 1 aromatic rings. The number of anilines is 1. The van der Waals surface area contributed by atoms with Gasteiger partial charge in [0.25, 0.3) is 5.91 Å². The molecular formula is C12H18N4O2. The van der Waals surface area contributed by atoms with Gasteiger partial charge in [-0.1, -0.05) is 0 Å². The summed E-state index contributed by atoms with van der Waals surface area (Å²) in [6.07, 6.45) is 2.72. The van der Waals surface area contributed by atoms with E-state index in [0.29, 0.717) is 24.6 Å². The normalized spacial score (nSPS) is 16.8. The molecule has 0 atom stereocenters. The second-order valence-electron chi connectivity index (χ2n) is 4.59. The fourth-order valence-electron chi connectivity index (χ4n) is 1.82. The Kier molecular flexibility index (Phi) is 3.76. The fourth-order valence-corrected chi connectivity index (χ4v) is 1.82. The van der Waals surface area contributed by atoms with Crippen LogP contribution >= 0.6 is 0 Å². The van der Waals surface area contributed by atoms with Crippen LogP contribution in [0.5, 0.6) is 0 Å². The molecule has 0 aliphatic heterocycles. The summed E-state index contributed by atoms with van der Waals surface area (Å²) in [5.74, 6) is 0.345. The van der Waals surface area contributed by atoms with E-state index in [4.69, 9.17) is 0 Å². The summed E-state index contributed by atoms with van der Waals surface area (Å²) in [6, 6.07) is 3.31. The molecule has 0 spiro atoms. The lowest BCUT2D eigenvalue weighted by Gasteiger charge is -2.36. The first-order chi connectivity index (χ1) is 8.63. The minimum absolute atomic E-state index is 0.228. The van der Waals surface area contributed by atoms with Crippen molar-refractivity contribution in [3.63, 3.8) is 0 Å². The lowest BCUT2D eigenvalue weighted by molar-refractivity contribution is -0.0202. The first kappa shape index (κ1) is 12.8. The summed E-state index contributed by atoms with van der Waals surface area (Å²) >= 11 is 0. The van der Waals surface area contributed by atoms with Crippen LogP contribution in [0.2, 0.25) is 0 Å². The summed E-state index contributed by atoms with van der Waals surface area (Å²) in [4.78, 5) is 11.5. The molecule has 1 fully saturated rings. The van der Waals surface area contributed by atoms with Gasteiger partial charge in [0.15, 0.2) is 5.69 Å². The van der Waals surface area contributed by atoms with Gasteiger partial charge in [0, 0.05) is 13.1 Å². The molecule has 98 valence electrons. The van der Waals surface area contributed by atoms with Gasteiger partial charge in [0.2, 0.25) is 0 Å². The van der Waals surface area contributed by atoms with E-state index < -0.39 is 5.60 Å². The molecule has 2 rings (SSSR count). The van der Waals surface area contributed by atoms with Gasteiger partial charge in [0.1, 0.15) is 5.82 Å². The smallest absolute Gasteiger partial charge is 0.271 e. The van der Waals surface area contributed by atoms with Gasteiger partial charge in [0.05, 0.1) is 5.60 Å². The molecule has 0 bridgehead atoms. The molecule has 1 heterocycles. The van der Waals surface area contributed by atoms with Gasteiger partial charge in [-0.05, 0) is 38.3 Å². The third kappa shape index (κ3) is 2.95. The highest BCUT2D eigenvalue weighted by Gasteiger charge is 2.34. The van der Waals surface area contributed by atoms with E-state index in [1.807, 2.05) is 6.92 Å². The summed E-state index contributed by atoms with van der Waals surface area (Å²) in [5, 5.41) is 23.3. The molecule has 0 radical (unpaired) electrons. The maximum Gasteiger partial charge on any atom is 0.271 e. The van der Waals surface area contributed by atoms with E-state index in [1.165, 1.54) is 0 Å². The standard InChI is InChI=1S/C12H18N4O2/c1-2-13-11(17)9-4-5-10(16-15-9)14-8-12(18)6-3-7-12/h4-5,18H,2-3,6-8H2,1H3,(H,13,17)(H,14,16). The van der Waals surface area contributed by atoms with Crippen LogP contribution in [0.15, 0.2) is 12.1 Å². The van der Waals surface area contributed by atoms with Crippen molar-refractivity contribution >= 4 is 11.7 Å². The molecule has 6 heteroatoms. The second-order valence-corrected chi connectivity index (χ2v) is 4.59. The number of aliphatic hydroxyl groups is 1. The number of rotatable bonds is 5. The van der Waals surface area contributed by atoms with Crippen molar-refractivity contribution in [3.8, 4) is 0 Å². The van der Waals surface area contributed by atoms with Crippen LogP contribution in [0.25, 0.3) is 0 Å². The third-order valence-electron chi connectivity index (χ3n) is 3.12. The lowest BCUT2D eigenvalue weighted by atomic mass is 9.80. The maximum absolute atomic E-state index is 11.5. The number of hydrogen-bond donors (Lipinski definition) is 3. The molecule has 18 heavy (non-hydrogen) atoms. The predicted octanol–water partition coefficient (Wildman–Crippen LogP) is 0.553. The summed E-state index contributed by atoms with van der Waals surface area (Å²) in [7, 11) is 0. The van der Waals surface area contributed by atoms with Crippen molar-refractivity contribution in [1.82, 2.24) is 15.5 Å². The van der Waals surface area contributed by atoms with Crippen LogP contribution < -0.4 is 10.6 Å². The number of nitrogens with one attached hydrogen (secondary N) is 2. The minimum Gasteiger partial charge on any atom is -0.388 e. The average Bonchev–Trinajstić information content (AvgIpc) is 2.35. The molecule has 1 aliphatic carbocycles. The Balaban J connectivity index is 1.89. The minimum atomic E-state index is -0.597. The Morgan fingerprint density at radius 2 is 2.22 bits per heavy atom. The Bertz CT molecular complexity index is 415. The summed E-state index contributed by atoms with van der Waals surface area (Å²) in [6.45, 7) is 2.89. The van der Waals surface area contributed by atoms with E-state index >= 15 is 0 Å². The van der Waals surface area contributed by atoms with Gasteiger partial charge in [-0.25, -0.2) is 0 Å². The maximum atomic E-state index is 11.5. The van der Waals surface area contributed by atoms with E-state index in [9.17, 15) is 9.90 Å². The Morgan fingerprint density at radius 1 is 1.44 bits per heavy atom. The zero-order valence-electron chi connectivity index (χ0n) is 10.4. The van der Waals surface area contributed by atoms with Crippen molar-refractivity contribution in [2.75, 3.05) is 18.4 Å². The van der Waals surface area contributed by atoms with Gasteiger partial charge in [-0.15, -0.1) is 10.2 Å². The van der Waals surface area contributed by atoms with Crippen LogP contribution in [0.3, 0.4) is 0 Å². The SMILES string of the molecule is CCNC(=O)c1ccc(NCC2(O)CCC2)nn1. The van der Waals surface area contributed by atoms with E-state index in [0.717, 1.165) is 19.3 Å². The van der Waals surface area contributed by atoms with Crippen LogP contribution in [0, 0.1) is 0 Å². The van der Waals surface area contributed by atoms with E-state index in [2.05, 4.69) is 20.8 Å². The van der Waals surface area contributed by atoms with Crippen molar-refractivity contribution in [2.24, 2.45) is 0 Å². The summed E-state index contributed by atoms with van der Waals surface area (Å²) in [5.41, 5.74) is -0.301. The highest BCUT2D eigenvalue weighted by Crippen LogP contribution is 2.31. The first-order valence-corrected chi connectivity index (χ1v) is 6.21. The lowest BCUT2D eigenvalue weighted by Crippen LogP contribution is -2.43. The van der Waals surface area contributed by atoms with Gasteiger partial charge >= 0.3 is 0 Å². The topological polar surface area (TPSA) is 87.1 Å². The molecule has 0 saturated heterocycles. The molecule has 0 unspecified atom stereocenters. The Morgan fingerprint density at radius 3 is 2.72 bits per heavy atom. The number of nitrogens with zero attached hydrogens (tertiary/aromatic N) is 2. The molecule has 1 aliphatic rings. The van der Waals surface area contributed by atoms with E-state index in [1.54, 1.807) is 12.1 Å². The van der Waals surface area contributed by atoms with Crippen molar-refractivity contribution in [3.05, 3.63) is 17.8 Å². The Labute approximate surface area is 106 Å². The molecule has 1 amide bonds. The molecule has 0 aromatic carbocycles. The molecule has 6 nitrogen and oxygen atoms in total. The van der Waals surface area contributed by atoms with Gasteiger partial charge in [-0.2, -0.15) is 0 Å². The molecule has 1 aromatic heterocycles. The van der Waals surface area contributed by atoms with Crippen molar-refractivity contribution in [1.29, 1.82) is 0 Å². The largest absolute Gasteiger partial charge is 0.388 e. The monoisotopic (exact) mass is 250 g/mol. The Hall–Kier alpha value is -1.69. The van der Waals surface area contributed by atoms with Crippen molar-refractivity contribution < 1.29 is 9.90 Å². The number of carbonyl (C=O) groups is 1. The molecule has 3 N–H and O–H groups in total. The van der Waals surface area contributed by atoms with Gasteiger partial charge < -0.3 is 15.7 Å². The number of aromatic nitrogens is 2. The highest BCUT2D eigenvalue weighted by atomic mass is 16.3. The van der Waals surface area contributed by atoms with Crippen LogP contribution in [0.4, 0.5) is 5.82 Å². The molecule has 1 saturated carbocycles. The number of hydrogen-bond acceptors (Lipinski definition) is 5. The van der Waals surface area contributed by atoms with Crippen molar-refractivity contribution in [2.45, 2.75) is 31.8 Å². The third-order valence-corrected chi connectivity index (χ3v) is 3.12. The van der Waals surface area contributed by atoms with Crippen LogP contribution in [0.1, 0.15) is 36.7 Å². The second kappa shape index (κ2) is 5.30. The van der Waals surface area contributed by atoms with Gasteiger partial charge in [-0.3, -0.25) is 4.79 Å². The van der Waals surface area contributed by atoms with Crippen LogP contribution in [-0.4, -0.2) is 39.9 Å². The zero-order chi connectivity index (χ0) is 13.0.